The Labute approximate surface area is 239 Å². The summed E-state index contributed by atoms with van der Waals surface area (Å²) in [6.45, 7) is 11.9. The van der Waals surface area contributed by atoms with E-state index in [0.29, 0.717) is 24.5 Å². The van der Waals surface area contributed by atoms with Crippen LogP contribution < -0.4 is 21.9 Å². The molecule has 3 aromatic rings. The minimum absolute atomic E-state index is 0.150. The first-order valence-electron chi connectivity index (χ1n) is 13.1. The zero-order valence-electron chi connectivity index (χ0n) is 24.5. The number of rotatable bonds is 10. The van der Waals surface area contributed by atoms with E-state index in [0.717, 1.165) is 16.7 Å². The molecule has 1 aromatic carbocycles. The van der Waals surface area contributed by atoms with Crippen LogP contribution in [0.3, 0.4) is 0 Å². The van der Waals surface area contributed by atoms with E-state index in [1.165, 1.54) is 17.1 Å². The topological polar surface area (TPSA) is 160 Å². The zero-order chi connectivity index (χ0) is 30.3. The molecule has 0 fully saturated rings. The van der Waals surface area contributed by atoms with Gasteiger partial charge < -0.3 is 30.6 Å². The van der Waals surface area contributed by atoms with E-state index in [1.54, 1.807) is 40.1 Å². The molecule has 12 heteroatoms. The molecule has 0 radical (unpaired) electrons. The Morgan fingerprint density at radius 1 is 1.12 bits per heavy atom. The van der Waals surface area contributed by atoms with Gasteiger partial charge in [-0.15, -0.1) is 0 Å². The fourth-order valence-corrected chi connectivity index (χ4v) is 4.33. The van der Waals surface area contributed by atoms with Crippen molar-refractivity contribution >= 4 is 23.5 Å². The Bertz CT molecular complexity index is 1440. The lowest BCUT2D eigenvalue weighted by Crippen LogP contribution is -2.36. The number of nitrogens with one attached hydrogen (secondary N) is 2. The van der Waals surface area contributed by atoms with Gasteiger partial charge in [0, 0.05) is 19.9 Å². The number of carbonyl (C=O) groups is 2. The standard InChI is InChI=1S/C29H38N6O6/c1-8-40-15-22(34-28(38)41-29(4,5)6)20-11-21(13-31-12-20)33-26(36)23-25(30)32-16-35(27(23)37)24-17(2)9-19(14-39-7)10-18(24)3/h9-13,16,22H,8,14-15,30H2,1-7H3,(H,33,36)(H,34,38)/t22-/m0/s1. The normalized spacial score (nSPS) is 12.1. The second kappa shape index (κ2) is 13.4. The number of amides is 2. The Hall–Kier alpha value is -4.29. The average Bonchev–Trinajstić information content (AvgIpc) is 2.86. The third kappa shape index (κ3) is 8.12. The highest BCUT2D eigenvalue weighted by Gasteiger charge is 2.23. The molecule has 0 spiro atoms. The number of hydrogen-bond donors (Lipinski definition) is 3. The molecule has 0 aliphatic carbocycles. The summed E-state index contributed by atoms with van der Waals surface area (Å²) in [6.07, 6.45) is 3.64. The number of alkyl carbamates (subject to hydrolysis) is 1. The molecule has 0 unspecified atom stereocenters. The second-order valence-electron chi connectivity index (χ2n) is 10.5. The molecule has 0 saturated carbocycles. The molecule has 1 atom stereocenters. The van der Waals surface area contributed by atoms with Crippen LogP contribution in [0.2, 0.25) is 0 Å². The van der Waals surface area contributed by atoms with Gasteiger partial charge in [-0.25, -0.2) is 9.78 Å². The first-order chi connectivity index (χ1) is 19.3. The molecule has 41 heavy (non-hydrogen) atoms. The van der Waals surface area contributed by atoms with Crippen LogP contribution in [0.1, 0.15) is 66.3 Å². The van der Waals surface area contributed by atoms with Crippen molar-refractivity contribution in [3.8, 4) is 5.69 Å². The zero-order valence-corrected chi connectivity index (χ0v) is 24.5. The lowest BCUT2D eigenvalue weighted by Gasteiger charge is -2.24. The number of methoxy groups -OCH3 is 1. The number of aryl methyl sites for hydroxylation is 2. The molecule has 4 N–H and O–H groups in total. The second-order valence-corrected chi connectivity index (χ2v) is 10.5. The van der Waals surface area contributed by atoms with Gasteiger partial charge in [-0.05, 0) is 69.9 Å². The molecule has 220 valence electrons. The maximum atomic E-state index is 13.5. The highest BCUT2D eigenvalue weighted by atomic mass is 16.6. The highest BCUT2D eigenvalue weighted by Crippen LogP contribution is 2.22. The Morgan fingerprint density at radius 2 is 1.80 bits per heavy atom. The van der Waals surface area contributed by atoms with Crippen LogP contribution >= 0.6 is 0 Å². The van der Waals surface area contributed by atoms with Gasteiger partial charge >= 0.3 is 6.09 Å². The van der Waals surface area contributed by atoms with Crippen molar-refractivity contribution in [2.24, 2.45) is 0 Å². The molecule has 2 amide bonds. The summed E-state index contributed by atoms with van der Waals surface area (Å²) in [6, 6.07) is 4.84. The number of benzene rings is 1. The smallest absolute Gasteiger partial charge is 0.408 e. The van der Waals surface area contributed by atoms with Gasteiger partial charge in [0.05, 0.1) is 36.8 Å². The number of carbonyl (C=O) groups excluding carboxylic acids is 2. The number of nitrogen functional groups attached to an aromatic ring is 1. The summed E-state index contributed by atoms with van der Waals surface area (Å²) in [5, 5.41) is 5.45. The molecule has 2 aromatic heterocycles. The molecule has 0 aliphatic heterocycles. The van der Waals surface area contributed by atoms with E-state index in [9.17, 15) is 14.4 Å². The van der Waals surface area contributed by atoms with Gasteiger partial charge in [0.25, 0.3) is 11.5 Å². The Morgan fingerprint density at radius 3 is 2.41 bits per heavy atom. The minimum Gasteiger partial charge on any atom is -0.444 e. The fourth-order valence-electron chi connectivity index (χ4n) is 4.33. The van der Waals surface area contributed by atoms with E-state index in [4.69, 9.17) is 19.9 Å². The summed E-state index contributed by atoms with van der Waals surface area (Å²) in [7, 11) is 1.61. The lowest BCUT2D eigenvalue weighted by molar-refractivity contribution is 0.0448. The van der Waals surface area contributed by atoms with Crippen LogP contribution in [-0.4, -0.2) is 52.5 Å². The number of anilines is 2. The summed E-state index contributed by atoms with van der Waals surface area (Å²) in [5.74, 6) is -0.957. The first kappa shape index (κ1) is 31.2. The van der Waals surface area contributed by atoms with Crippen LogP contribution in [0.5, 0.6) is 0 Å². The number of nitrogens with two attached hydrogens (primary N) is 1. The Kier molecular flexibility index (Phi) is 10.2. The molecular weight excluding hydrogens is 528 g/mol. The van der Waals surface area contributed by atoms with Crippen molar-refractivity contribution in [3.05, 3.63) is 75.1 Å². The van der Waals surface area contributed by atoms with E-state index in [1.807, 2.05) is 32.9 Å². The SMILES string of the molecule is CCOC[C@H](NC(=O)OC(C)(C)C)c1cncc(NC(=O)c2c(N)ncn(-c3c(C)cc(COC)cc3C)c2=O)c1. The number of hydrogen-bond acceptors (Lipinski definition) is 9. The minimum atomic E-state index is -0.749. The largest absolute Gasteiger partial charge is 0.444 e. The van der Waals surface area contributed by atoms with Crippen LogP contribution in [0, 0.1) is 13.8 Å². The van der Waals surface area contributed by atoms with E-state index in [-0.39, 0.29) is 23.7 Å². The van der Waals surface area contributed by atoms with Gasteiger partial charge in [0.1, 0.15) is 23.3 Å². The third-order valence-electron chi connectivity index (χ3n) is 5.93. The Balaban J connectivity index is 1.91. The maximum Gasteiger partial charge on any atom is 0.408 e. The quantitative estimate of drug-likeness (QED) is 0.331. The van der Waals surface area contributed by atoms with Crippen molar-refractivity contribution in [3.63, 3.8) is 0 Å². The molecule has 0 saturated heterocycles. The maximum absolute atomic E-state index is 13.5. The highest BCUT2D eigenvalue weighted by molar-refractivity contribution is 6.06. The lowest BCUT2D eigenvalue weighted by atomic mass is 10.0. The fraction of sp³-hybridized carbons (Fsp3) is 0.414. The van der Waals surface area contributed by atoms with Crippen LogP contribution in [0.4, 0.5) is 16.3 Å². The monoisotopic (exact) mass is 566 g/mol. The van der Waals surface area contributed by atoms with Crippen molar-refractivity contribution in [1.29, 1.82) is 0 Å². The van der Waals surface area contributed by atoms with Crippen LogP contribution in [-0.2, 0) is 20.8 Å². The predicted octanol–water partition coefficient (Wildman–Crippen LogP) is 3.83. The summed E-state index contributed by atoms with van der Waals surface area (Å²) < 4.78 is 17.4. The van der Waals surface area contributed by atoms with Gasteiger partial charge in [-0.1, -0.05) is 12.1 Å². The van der Waals surface area contributed by atoms with Crippen LogP contribution in [0.25, 0.3) is 5.69 Å². The van der Waals surface area contributed by atoms with Crippen molar-refractivity contribution < 1.29 is 23.8 Å². The van der Waals surface area contributed by atoms with E-state index in [2.05, 4.69) is 20.6 Å². The van der Waals surface area contributed by atoms with Crippen molar-refractivity contribution in [1.82, 2.24) is 19.9 Å². The molecule has 2 heterocycles. The number of pyridine rings is 1. The van der Waals surface area contributed by atoms with Crippen molar-refractivity contribution in [2.75, 3.05) is 31.4 Å². The first-order valence-corrected chi connectivity index (χ1v) is 13.1. The number of ether oxygens (including phenoxy) is 3. The van der Waals surface area contributed by atoms with Crippen molar-refractivity contribution in [2.45, 2.75) is 59.8 Å². The number of aromatic nitrogens is 3. The average molecular weight is 567 g/mol. The van der Waals surface area contributed by atoms with E-state index < -0.39 is 29.2 Å². The molecule has 3 rings (SSSR count). The third-order valence-corrected chi connectivity index (χ3v) is 5.93. The van der Waals surface area contributed by atoms with Gasteiger partial charge in [0.15, 0.2) is 0 Å². The van der Waals surface area contributed by atoms with Gasteiger partial charge in [-0.2, -0.15) is 0 Å². The summed E-state index contributed by atoms with van der Waals surface area (Å²) in [5.41, 5.74) is 8.41. The van der Waals surface area contributed by atoms with Gasteiger partial charge in [-0.3, -0.25) is 19.1 Å². The number of nitrogens with zero attached hydrogens (tertiary/aromatic N) is 3. The molecule has 12 nitrogen and oxygen atoms in total. The van der Waals surface area contributed by atoms with Crippen LogP contribution in [0.15, 0.2) is 41.7 Å². The summed E-state index contributed by atoms with van der Waals surface area (Å²) in [4.78, 5) is 47.6. The van der Waals surface area contributed by atoms with E-state index >= 15 is 0 Å². The molecule has 0 aliphatic rings. The molecule has 0 bridgehead atoms. The molecular formula is C29H38N6O6. The predicted molar refractivity (Wildman–Crippen MR) is 155 cm³/mol. The van der Waals surface area contributed by atoms with Gasteiger partial charge in [0.2, 0.25) is 0 Å². The summed E-state index contributed by atoms with van der Waals surface area (Å²) >= 11 is 0.